The smallest absolute Gasteiger partial charge is 0.155 e. The molecular weight excluding hydrogens is 214 g/mol. The molecule has 0 aromatic heterocycles. The van der Waals surface area contributed by atoms with E-state index in [9.17, 15) is 0 Å². The zero-order valence-electron chi connectivity index (χ0n) is 9.85. The van der Waals surface area contributed by atoms with E-state index in [1.54, 1.807) is 6.07 Å². The molecule has 17 heavy (non-hydrogen) atoms. The van der Waals surface area contributed by atoms with E-state index in [0.29, 0.717) is 11.3 Å². The summed E-state index contributed by atoms with van der Waals surface area (Å²) in [6, 6.07) is 7.57. The molecule has 1 aromatic rings. The van der Waals surface area contributed by atoms with Gasteiger partial charge in [0.25, 0.3) is 0 Å². The van der Waals surface area contributed by atoms with Crippen molar-refractivity contribution in [2.24, 2.45) is 5.11 Å². The van der Waals surface area contributed by atoms with E-state index in [4.69, 9.17) is 10.8 Å². The van der Waals surface area contributed by atoms with Crippen LogP contribution in [0.5, 0.6) is 0 Å². The van der Waals surface area contributed by atoms with Crippen LogP contribution in [-0.2, 0) is 0 Å². The van der Waals surface area contributed by atoms with Gasteiger partial charge < -0.3 is 9.80 Å². The van der Waals surface area contributed by atoms with Gasteiger partial charge in [0.2, 0.25) is 0 Å². The minimum Gasteiger partial charge on any atom is -0.369 e. The third kappa shape index (κ3) is 2.43. The van der Waals surface area contributed by atoms with Crippen molar-refractivity contribution < 1.29 is 5.53 Å². The van der Waals surface area contributed by atoms with Crippen molar-refractivity contribution in [2.45, 2.75) is 0 Å². The van der Waals surface area contributed by atoms with Gasteiger partial charge in [0.15, 0.2) is 5.69 Å². The average molecular weight is 229 g/mol. The normalized spacial score (nSPS) is 16.6. The Morgan fingerprint density at radius 2 is 2.00 bits per heavy atom. The van der Waals surface area contributed by atoms with Gasteiger partial charge in [-0.1, -0.05) is 0 Å². The number of nitrogens with zero attached hydrogens (tertiary/aromatic N) is 4. The van der Waals surface area contributed by atoms with E-state index in [2.05, 4.69) is 28.0 Å². The van der Waals surface area contributed by atoms with Crippen molar-refractivity contribution >= 4 is 11.4 Å². The average Bonchev–Trinajstić information content (AvgIpc) is 2.39. The molecule has 1 fully saturated rings. The molecular formula is C12H15N5+. The summed E-state index contributed by atoms with van der Waals surface area (Å²) in [5, 5.41) is 12.3. The number of hydrogen-bond acceptors (Lipinski definition) is 5. The quantitative estimate of drug-likeness (QED) is 0.722. The van der Waals surface area contributed by atoms with Gasteiger partial charge in [-0.2, -0.15) is 5.26 Å². The standard InChI is InChI=1S/C12H15N5/c1-16-4-6-17(7-5-16)11-2-3-12(15-14)10(8-11)9-13/h2-3,8,14H,4-7H2,1H3/q+1. The van der Waals surface area contributed by atoms with Gasteiger partial charge in [-0.15, -0.1) is 0 Å². The number of piperazine rings is 1. The van der Waals surface area contributed by atoms with Gasteiger partial charge in [-0.05, 0) is 25.2 Å². The van der Waals surface area contributed by atoms with Gasteiger partial charge in [-0.3, -0.25) is 0 Å². The number of likely N-dealkylation sites (N-methyl/N-ethyl adjacent to an activating group) is 1. The number of hydrogen-bond donors (Lipinski definition) is 1. The molecule has 0 bridgehead atoms. The number of anilines is 1. The third-order valence-electron chi connectivity index (χ3n) is 3.09. The molecule has 1 N–H and O–H groups in total. The first kappa shape index (κ1) is 11.6. The maximum atomic E-state index is 8.99. The first-order chi connectivity index (χ1) is 8.24. The predicted molar refractivity (Wildman–Crippen MR) is 63.9 cm³/mol. The van der Waals surface area contributed by atoms with Crippen LogP contribution >= 0.6 is 0 Å². The molecule has 5 nitrogen and oxygen atoms in total. The number of benzene rings is 1. The highest BCUT2D eigenvalue weighted by Gasteiger charge is 2.15. The first-order valence-electron chi connectivity index (χ1n) is 5.59. The largest absolute Gasteiger partial charge is 0.369 e. The van der Waals surface area contributed by atoms with Crippen molar-refractivity contribution in [3.63, 3.8) is 0 Å². The molecule has 0 atom stereocenters. The zero-order chi connectivity index (χ0) is 12.3. The Balaban J connectivity index is 2.22. The molecule has 1 aromatic carbocycles. The summed E-state index contributed by atoms with van der Waals surface area (Å²) in [7, 11) is 2.11. The molecule has 1 radical (unpaired) electrons. The topological polar surface area (TPSA) is 66.4 Å². The predicted octanol–water partition coefficient (Wildman–Crippen LogP) is -0.0613. The number of nitriles is 1. The summed E-state index contributed by atoms with van der Waals surface area (Å²) in [4.78, 5) is 4.55. The Kier molecular flexibility index (Phi) is 3.35. The Labute approximate surface area is 101 Å². The molecule has 5 heteroatoms. The third-order valence-corrected chi connectivity index (χ3v) is 3.09. The summed E-state index contributed by atoms with van der Waals surface area (Å²) >= 11 is 0. The fraction of sp³-hybridized carbons (Fsp3) is 0.417. The SMILES string of the molecule is CN1CCN(c2ccc(N=[NH+])c(C#N)c2)CC1. The monoisotopic (exact) mass is 229 g/mol. The highest BCUT2D eigenvalue weighted by Crippen LogP contribution is 2.24. The maximum Gasteiger partial charge on any atom is 0.155 e. The van der Waals surface area contributed by atoms with Crippen LogP contribution in [0.15, 0.2) is 23.3 Å². The Bertz CT molecular complexity index is 454. The van der Waals surface area contributed by atoms with Crippen LogP contribution in [0.25, 0.3) is 0 Å². The van der Waals surface area contributed by atoms with Crippen LogP contribution in [0.3, 0.4) is 0 Å². The summed E-state index contributed by atoms with van der Waals surface area (Å²) in [6.45, 7) is 4.01. The summed E-state index contributed by atoms with van der Waals surface area (Å²) in [5.74, 6) is 0. The highest BCUT2D eigenvalue weighted by atomic mass is 15.2. The van der Waals surface area contributed by atoms with E-state index in [-0.39, 0.29) is 0 Å². The zero-order valence-corrected chi connectivity index (χ0v) is 9.85. The molecule has 1 aliphatic heterocycles. The molecule has 0 spiro atoms. The van der Waals surface area contributed by atoms with Crippen molar-refractivity contribution in [2.75, 3.05) is 38.1 Å². The second-order valence-electron chi connectivity index (χ2n) is 4.22. The van der Waals surface area contributed by atoms with Crippen molar-refractivity contribution in [1.29, 1.82) is 5.26 Å². The summed E-state index contributed by atoms with van der Waals surface area (Å²) in [5.41, 5.74) is 8.93. The lowest BCUT2D eigenvalue weighted by Crippen LogP contribution is -2.44. The number of rotatable bonds is 2. The molecule has 0 unspecified atom stereocenters. The molecule has 1 heterocycles. The Morgan fingerprint density at radius 3 is 2.59 bits per heavy atom. The first-order valence-corrected chi connectivity index (χ1v) is 5.59. The number of nitrogens with one attached hydrogen (secondary N) is 1. The summed E-state index contributed by atoms with van der Waals surface area (Å²) < 4.78 is 0. The lowest BCUT2D eigenvalue weighted by Gasteiger charge is -2.34. The van der Waals surface area contributed by atoms with Crippen LogP contribution in [0.1, 0.15) is 5.56 Å². The van der Waals surface area contributed by atoms with Crippen LogP contribution in [0.4, 0.5) is 11.4 Å². The molecule has 1 saturated heterocycles. The van der Waals surface area contributed by atoms with E-state index in [1.165, 1.54) is 0 Å². The van der Waals surface area contributed by atoms with Crippen LogP contribution in [0, 0.1) is 11.3 Å². The van der Waals surface area contributed by atoms with Crippen LogP contribution in [-0.4, -0.2) is 38.1 Å². The fourth-order valence-corrected chi connectivity index (χ4v) is 1.97. The second-order valence-corrected chi connectivity index (χ2v) is 4.22. The van der Waals surface area contributed by atoms with Gasteiger partial charge >= 0.3 is 0 Å². The van der Waals surface area contributed by atoms with Gasteiger partial charge in [0.05, 0.1) is 10.7 Å². The minimum atomic E-state index is 0.436. The van der Waals surface area contributed by atoms with Gasteiger partial charge in [0.1, 0.15) is 11.6 Å². The lowest BCUT2D eigenvalue weighted by molar-refractivity contribution is -0.210. The molecule has 0 aliphatic carbocycles. The summed E-state index contributed by atoms with van der Waals surface area (Å²) in [6.07, 6.45) is 0. The van der Waals surface area contributed by atoms with E-state index < -0.39 is 0 Å². The lowest BCUT2D eigenvalue weighted by atomic mass is 10.1. The fourth-order valence-electron chi connectivity index (χ4n) is 1.97. The highest BCUT2D eigenvalue weighted by molar-refractivity contribution is 5.62. The van der Waals surface area contributed by atoms with Crippen LogP contribution < -0.4 is 10.4 Å². The molecule has 87 valence electrons. The van der Waals surface area contributed by atoms with Crippen molar-refractivity contribution in [1.82, 2.24) is 4.90 Å². The van der Waals surface area contributed by atoms with E-state index >= 15 is 0 Å². The molecule has 0 saturated carbocycles. The Morgan fingerprint density at radius 1 is 1.29 bits per heavy atom. The minimum absolute atomic E-state index is 0.436. The van der Waals surface area contributed by atoms with E-state index in [1.807, 2.05) is 12.1 Å². The van der Waals surface area contributed by atoms with Crippen molar-refractivity contribution in [3.8, 4) is 6.07 Å². The van der Waals surface area contributed by atoms with Crippen molar-refractivity contribution in [3.05, 3.63) is 23.8 Å². The maximum absolute atomic E-state index is 8.99. The second kappa shape index (κ2) is 4.93. The molecule has 2 rings (SSSR count). The molecule has 1 aliphatic rings. The van der Waals surface area contributed by atoms with Crippen LogP contribution in [0.2, 0.25) is 0 Å². The molecule has 0 amide bonds. The Hall–Kier alpha value is -1.93. The van der Waals surface area contributed by atoms with Gasteiger partial charge in [0, 0.05) is 31.9 Å². The van der Waals surface area contributed by atoms with E-state index in [0.717, 1.165) is 31.9 Å². The van der Waals surface area contributed by atoms with Gasteiger partial charge in [-0.25, -0.2) is 0 Å².